The van der Waals surface area contributed by atoms with Crippen LogP contribution in [0.4, 0.5) is 22.4 Å². The van der Waals surface area contributed by atoms with Gasteiger partial charge in [0.2, 0.25) is 5.78 Å². The number of carbonyl (C=O) groups excluding carboxylic acids is 2. The number of amides is 2. The third-order valence-corrected chi connectivity index (χ3v) is 4.78. The van der Waals surface area contributed by atoms with Gasteiger partial charge in [0.1, 0.15) is 11.7 Å². The van der Waals surface area contributed by atoms with Crippen molar-refractivity contribution in [3.63, 3.8) is 0 Å². The molecule has 1 heterocycles. The number of methoxy groups -OCH3 is 1. The second-order valence-corrected chi connectivity index (χ2v) is 6.62. The largest absolute Gasteiger partial charge is 0.504 e. The maximum absolute atomic E-state index is 13.4. The molecule has 0 aromatic heterocycles. The third kappa shape index (κ3) is 3.75. The number of phenolic OH excluding ortho intramolecular Hbond substituents is 1. The fourth-order valence-corrected chi connectivity index (χ4v) is 3.39. The first-order valence-electron chi connectivity index (χ1n) is 8.52. The van der Waals surface area contributed by atoms with Crippen molar-refractivity contribution in [2.75, 3.05) is 7.11 Å². The van der Waals surface area contributed by atoms with Gasteiger partial charge in [0.15, 0.2) is 17.2 Å². The van der Waals surface area contributed by atoms with E-state index in [0.29, 0.717) is 0 Å². The highest BCUT2D eigenvalue weighted by atomic mass is 19.4. The summed E-state index contributed by atoms with van der Waals surface area (Å²) < 4.78 is 58.5. The Kier molecular flexibility index (Phi) is 5.33. The number of carbonyl (C=O) groups is 2. The van der Waals surface area contributed by atoms with Gasteiger partial charge in [0.25, 0.3) is 0 Å². The zero-order valence-electron chi connectivity index (χ0n) is 15.3. The third-order valence-electron chi connectivity index (χ3n) is 4.78. The second kappa shape index (κ2) is 7.48. The van der Waals surface area contributed by atoms with Crippen LogP contribution in [0.1, 0.15) is 17.2 Å². The van der Waals surface area contributed by atoms with Gasteiger partial charge in [-0.1, -0.05) is 18.2 Å². The van der Waals surface area contributed by atoms with Crippen molar-refractivity contribution >= 4 is 11.8 Å². The minimum Gasteiger partial charge on any atom is -0.504 e. The first kappa shape index (κ1) is 21.4. The number of rotatable bonds is 4. The summed E-state index contributed by atoms with van der Waals surface area (Å²) in [5.74, 6) is -5.78. The normalized spacial score (nSPS) is 24.0. The Morgan fingerprint density at radius 1 is 1.17 bits per heavy atom. The predicted molar refractivity (Wildman–Crippen MR) is 93.9 cm³/mol. The van der Waals surface area contributed by atoms with E-state index >= 15 is 0 Å². The lowest BCUT2D eigenvalue weighted by Crippen LogP contribution is -2.66. The number of benzene rings is 2. The maximum Gasteiger partial charge on any atom is 0.450 e. The zero-order valence-corrected chi connectivity index (χ0v) is 15.3. The van der Waals surface area contributed by atoms with Gasteiger partial charge >= 0.3 is 12.2 Å². The number of ketones is 1. The number of Topliss-reactive ketones (excluding diaryl/α,β-unsaturated/α-hetero) is 1. The number of hydrogen-bond donors (Lipinski definition) is 4. The van der Waals surface area contributed by atoms with Gasteiger partial charge in [-0.25, -0.2) is 9.18 Å². The number of alkyl halides is 3. The first-order valence-corrected chi connectivity index (χ1v) is 8.52. The number of urea groups is 1. The van der Waals surface area contributed by atoms with Crippen LogP contribution in [0.25, 0.3) is 0 Å². The van der Waals surface area contributed by atoms with E-state index in [-0.39, 0.29) is 22.6 Å². The van der Waals surface area contributed by atoms with Crippen molar-refractivity contribution in [3.05, 3.63) is 59.4 Å². The molecule has 0 saturated carbocycles. The molecule has 1 fully saturated rings. The summed E-state index contributed by atoms with van der Waals surface area (Å²) in [6.07, 6.45) is -5.36. The van der Waals surface area contributed by atoms with Gasteiger partial charge in [-0.2, -0.15) is 13.2 Å². The molecule has 0 unspecified atom stereocenters. The Hall–Kier alpha value is -3.34. The van der Waals surface area contributed by atoms with E-state index in [9.17, 15) is 37.4 Å². The fraction of sp³-hybridized carbons (Fsp3) is 0.263. The van der Waals surface area contributed by atoms with E-state index in [2.05, 4.69) is 5.32 Å². The topological polar surface area (TPSA) is 108 Å². The van der Waals surface area contributed by atoms with E-state index in [1.807, 2.05) is 5.32 Å². The molecule has 30 heavy (non-hydrogen) atoms. The van der Waals surface area contributed by atoms with Gasteiger partial charge in [-0.05, 0) is 29.8 Å². The van der Waals surface area contributed by atoms with E-state index in [4.69, 9.17) is 4.74 Å². The second-order valence-electron chi connectivity index (χ2n) is 6.62. The Labute approximate surface area is 167 Å². The molecule has 0 spiro atoms. The summed E-state index contributed by atoms with van der Waals surface area (Å²) in [7, 11) is 1.20. The molecule has 1 saturated heterocycles. The van der Waals surface area contributed by atoms with Gasteiger partial charge in [-0.3, -0.25) is 4.79 Å². The quantitative estimate of drug-likeness (QED) is 0.560. The molecule has 160 valence electrons. The van der Waals surface area contributed by atoms with Crippen LogP contribution in [-0.2, 0) is 10.5 Å². The molecule has 4 N–H and O–H groups in total. The Morgan fingerprint density at radius 3 is 2.37 bits per heavy atom. The summed E-state index contributed by atoms with van der Waals surface area (Å²) in [5.41, 5.74) is -3.17. The Bertz CT molecular complexity index is 980. The smallest absolute Gasteiger partial charge is 0.450 e. The summed E-state index contributed by atoms with van der Waals surface area (Å²) in [5, 5.41) is 25.0. The Balaban J connectivity index is 2.20. The number of hydrogen-bond acceptors (Lipinski definition) is 5. The van der Waals surface area contributed by atoms with Crippen LogP contribution >= 0.6 is 0 Å². The van der Waals surface area contributed by atoms with Crippen LogP contribution < -0.4 is 15.4 Å². The first-order chi connectivity index (χ1) is 14.0. The van der Waals surface area contributed by atoms with Crippen molar-refractivity contribution in [1.82, 2.24) is 10.6 Å². The number of aliphatic hydroxyl groups is 1. The van der Waals surface area contributed by atoms with Crippen LogP contribution in [0.2, 0.25) is 0 Å². The molecule has 0 bridgehead atoms. The summed E-state index contributed by atoms with van der Waals surface area (Å²) >= 11 is 0. The van der Waals surface area contributed by atoms with E-state index in [1.165, 1.54) is 13.2 Å². The lowest BCUT2D eigenvalue weighted by atomic mass is 9.76. The molecule has 1 aliphatic rings. The lowest BCUT2D eigenvalue weighted by Gasteiger charge is -2.45. The van der Waals surface area contributed by atoms with Crippen molar-refractivity contribution in [1.29, 1.82) is 0 Å². The lowest BCUT2D eigenvalue weighted by molar-refractivity contribution is -0.190. The highest BCUT2D eigenvalue weighted by Crippen LogP contribution is 2.44. The SMILES string of the molecule is COc1cc([C@@H]2NC(=O)N[C@](O)(c3ccc(F)cc3)[C@H]2C(=O)C(F)(F)F)ccc1O. The minimum atomic E-state index is -5.36. The molecule has 3 rings (SSSR count). The van der Waals surface area contributed by atoms with E-state index < -0.39 is 41.5 Å². The standard InChI is InChI=1S/C19H16F4N2O5/c1-30-13-8-9(2-7-12(13)26)15-14(16(27)19(21,22)23)18(29,25-17(28)24-15)10-3-5-11(20)6-4-10/h2-8,14-15,26,29H,1H3,(H2,24,25,28)/t14-,15+,18+/m1/s1. The number of aromatic hydroxyl groups is 1. The van der Waals surface area contributed by atoms with Crippen molar-refractivity contribution in [2.45, 2.75) is 17.9 Å². The molecule has 0 aliphatic carbocycles. The van der Waals surface area contributed by atoms with E-state index in [0.717, 1.165) is 36.4 Å². The molecule has 2 aromatic rings. The van der Waals surface area contributed by atoms with E-state index in [1.54, 1.807) is 0 Å². The number of nitrogens with one attached hydrogen (secondary N) is 2. The molecule has 7 nitrogen and oxygen atoms in total. The van der Waals surface area contributed by atoms with Crippen LogP contribution in [0.3, 0.4) is 0 Å². The highest BCUT2D eigenvalue weighted by Gasteiger charge is 2.59. The van der Waals surface area contributed by atoms with Gasteiger partial charge < -0.3 is 25.6 Å². The molecule has 3 atom stereocenters. The molecule has 2 aromatic carbocycles. The summed E-state index contributed by atoms with van der Waals surface area (Å²) in [6.45, 7) is 0. The average Bonchev–Trinajstić information content (AvgIpc) is 2.67. The van der Waals surface area contributed by atoms with Gasteiger partial charge in [-0.15, -0.1) is 0 Å². The molecule has 0 radical (unpaired) electrons. The summed E-state index contributed by atoms with van der Waals surface area (Å²) in [4.78, 5) is 24.6. The molecule has 11 heteroatoms. The van der Waals surface area contributed by atoms with Crippen molar-refractivity contribution in [3.8, 4) is 11.5 Å². The molecule has 2 amide bonds. The van der Waals surface area contributed by atoms with Crippen molar-refractivity contribution in [2.24, 2.45) is 5.92 Å². The predicted octanol–water partition coefficient (Wildman–Crippen LogP) is 2.49. The number of phenols is 1. The van der Waals surface area contributed by atoms with Crippen molar-refractivity contribution < 1.29 is 42.1 Å². The van der Waals surface area contributed by atoms with Gasteiger partial charge in [0.05, 0.1) is 13.2 Å². The number of halogens is 4. The number of ether oxygens (including phenoxy) is 1. The van der Waals surface area contributed by atoms with Crippen LogP contribution in [0.15, 0.2) is 42.5 Å². The summed E-state index contributed by atoms with van der Waals surface area (Å²) in [6, 6.07) is 4.36. The molecular weight excluding hydrogens is 412 g/mol. The minimum absolute atomic E-state index is 0.0392. The Morgan fingerprint density at radius 2 is 1.80 bits per heavy atom. The highest BCUT2D eigenvalue weighted by molar-refractivity contribution is 5.91. The molecule has 1 aliphatic heterocycles. The maximum atomic E-state index is 13.4. The van der Waals surface area contributed by atoms with Gasteiger partial charge in [0, 0.05) is 5.56 Å². The van der Waals surface area contributed by atoms with Crippen LogP contribution in [-0.4, -0.2) is 35.3 Å². The van der Waals surface area contributed by atoms with Crippen LogP contribution in [0, 0.1) is 11.7 Å². The monoisotopic (exact) mass is 428 g/mol. The van der Waals surface area contributed by atoms with Crippen LogP contribution in [0.5, 0.6) is 11.5 Å². The molecular formula is C19H16F4N2O5. The zero-order chi connectivity index (χ0) is 22.3. The fourth-order valence-electron chi connectivity index (χ4n) is 3.39. The average molecular weight is 428 g/mol.